The molecule has 0 radical (unpaired) electrons. The van der Waals surface area contributed by atoms with Gasteiger partial charge in [-0.25, -0.2) is 4.79 Å². The van der Waals surface area contributed by atoms with Crippen LogP contribution in [0.15, 0.2) is 96.7 Å². The lowest BCUT2D eigenvalue weighted by molar-refractivity contribution is -0.149. The van der Waals surface area contributed by atoms with E-state index in [1.807, 2.05) is 48.6 Å². The van der Waals surface area contributed by atoms with Gasteiger partial charge in [0.2, 0.25) is 0 Å². The summed E-state index contributed by atoms with van der Waals surface area (Å²) in [6.07, 6.45) is 20.1. The van der Waals surface area contributed by atoms with Gasteiger partial charge >= 0.3 is 5.97 Å². The molecular formula is C38H50O7. The van der Waals surface area contributed by atoms with Gasteiger partial charge < -0.3 is 28.8 Å². The number of hydrogen-bond donors (Lipinski definition) is 1. The SMILES string of the molecule is C=C1C[C@H](C)C[C@@H]2CC=C[C@@H](C/C=C\C(=O)O[C@H]([C@H](/C=C/[C@@H]3CC(C)=CCO3)OCc3ccc(OC)cc3)C/C=C/[C@H](O)C1)O2. The Morgan fingerprint density at radius 2 is 1.87 bits per heavy atom. The first-order valence-electron chi connectivity index (χ1n) is 16.2. The lowest BCUT2D eigenvalue weighted by atomic mass is 9.91. The van der Waals surface area contributed by atoms with Gasteiger partial charge in [0.1, 0.15) is 18.0 Å². The zero-order chi connectivity index (χ0) is 32.0. The van der Waals surface area contributed by atoms with Crippen molar-refractivity contribution < 1.29 is 33.6 Å². The zero-order valence-corrected chi connectivity index (χ0v) is 27.0. The molecule has 7 atom stereocenters. The van der Waals surface area contributed by atoms with Crippen LogP contribution in [-0.2, 0) is 30.3 Å². The molecule has 4 rings (SSSR count). The van der Waals surface area contributed by atoms with E-state index >= 15 is 0 Å². The number of methoxy groups -OCH3 is 1. The third-order valence-corrected chi connectivity index (χ3v) is 8.28. The largest absolute Gasteiger partial charge is 0.497 e. The Balaban J connectivity index is 1.55. The van der Waals surface area contributed by atoms with Crippen LogP contribution in [0.5, 0.6) is 5.75 Å². The molecular weight excluding hydrogens is 568 g/mol. The molecule has 7 nitrogen and oxygen atoms in total. The molecule has 7 heteroatoms. The summed E-state index contributed by atoms with van der Waals surface area (Å²) in [6.45, 7) is 9.41. The Bertz CT molecular complexity index is 1240. The maximum Gasteiger partial charge on any atom is 0.330 e. The number of ether oxygens (including phenoxy) is 5. The molecule has 1 aromatic rings. The highest BCUT2D eigenvalue weighted by atomic mass is 16.6. The standard InChI is InChI=1S/C38H50O7/c1-27-20-21-42-34(24-27)18-19-36(43-26-30-14-16-32(41-4)17-15-30)37-12-5-8-31(39)23-28(2)22-29(3)25-35-11-6-9-33(44-35)10-7-13-38(40)45-37/h5-9,13-20,29,31,33-37,39H,2,10-12,21-26H2,1,3-4H3/b8-5+,13-7-,19-18+/t29-,31-,33-,34+,35-,36-,37-/m0/s1. The third-order valence-electron chi connectivity index (χ3n) is 8.28. The fraction of sp³-hybridized carbons (Fsp3) is 0.500. The summed E-state index contributed by atoms with van der Waals surface area (Å²) < 4.78 is 30.0. The molecule has 2 bridgehead atoms. The number of fused-ring (bicyclic) bond motifs is 2. The van der Waals surface area contributed by atoms with Crippen LogP contribution in [0.1, 0.15) is 64.4 Å². The van der Waals surface area contributed by atoms with E-state index < -0.39 is 24.3 Å². The van der Waals surface area contributed by atoms with E-state index in [1.165, 1.54) is 11.6 Å². The lowest BCUT2D eigenvalue weighted by Crippen LogP contribution is -2.32. The summed E-state index contributed by atoms with van der Waals surface area (Å²) in [7, 11) is 1.63. The van der Waals surface area contributed by atoms with Crippen LogP contribution in [0.3, 0.4) is 0 Å². The molecule has 3 heterocycles. The molecule has 0 aromatic heterocycles. The van der Waals surface area contributed by atoms with Crippen molar-refractivity contribution in [1.29, 1.82) is 0 Å². The third kappa shape index (κ3) is 12.2. The minimum Gasteiger partial charge on any atom is -0.497 e. The number of carbonyl (C=O) groups is 1. The van der Waals surface area contributed by atoms with E-state index in [-0.39, 0.29) is 18.3 Å². The van der Waals surface area contributed by atoms with Crippen LogP contribution in [0.2, 0.25) is 0 Å². The number of cyclic esters (lactones) is 1. The second kappa shape index (κ2) is 18.1. The van der Waals surface area contributed by atoms with Crippen molar-refractivity contribution in [2.45, 2.75) is 102 Å². The first-order valence-corrected chi connectivity index (χ1v) is 16.2. The molecule has 0 saturated carbocycles. The van der Waals surface area contributed by atoms with Gasteiger partial charge in [-0.3, -0.25) is 0 Å². The molecule has 0 saturated heterocycles. The van der Waals surface area contributed by atoms with Gasteiger partial charge in [0.25, 0.3) is 0 Å². The van der Waals surface area contributed by atoms with Crippen LogP contribution < -0.4 is 4.74 Å². The Labute approximate surface area is 268 Å². The fourth-order valence-corrected chi connectivity index (χ4v) is 5.93. The van der Waals surface area contributed by atoms with Crippen LogP contribution in [0, 0.1) is 5.92 Å². The Hall–Kier alpha value is -3.23. The smallest absolute Gasteiger partial charge is 0.330 e. The molecule has 1 N–H and O–H groups in total. The van der Waals surface area contributed by atoms with Gasteiger partial charge in [-0.05, 0) is 69.1 Å². The van der Waals surface area contributed by atoms with Crippen molar-refractivity contribution in [3.05, 3.63) is 102 Å². The second-order valence-corrected chi connectivity index (χ2v) is 12.4. The Morgan fingerprint density at radius 3 is 2.64 bits per heavy atom. The van der Waals surface area contributed by atoms with Gasteiger partial charge in [-0.15, -0.1) is 0 Å². The summed E-state index contributed by atoms with van der Waals surface area (Å²) in [6, 6.07) is 7.68. The molecule has 3 aliphatic heterocycles. The molecule has 244 valence electrons. The molecule has 0 spiro atoms. The Morgan fingerprint density at radius 1 is 1.07 bits per heavy atom. The number of benzene rings is 1. The van der Waals surface area contributed by atoms with Crippen molar-refractivity contribution in [2.75, 3.05) is 13.7 Å². The molecule has 0 unspecified atom stereocenters. The number of aliphatic hydroxyl groups excluding tert-OH is 1. The summed E-state index contributed by atoms with van der Waals surface area (Å²) in [5.74, 6) is 0.707. The highest BCUT2D eigenvalue weighted by molar-refractivity contribution is 5.82. The van der Waals surface area contributed by atoms with Gasteiger partial charge in [0, 0.05) is 12.5 Å². The topological polar surface area (TPSA) is 83.5 Å². The average molecular weight is 619 g/mol. The maximum atomic E-state index is 13.1. The minimum absolute atomic E-state index is 0.0841. The number of rotatable bonds is 7. The van der Waals surface area contributed by atoms with E-state index in [2.05, 4.69) is 38.7 Å². The summed E-state index contributed by atoms with van der Waals surface area (Å²) in [5.41, 5.74) is 3.25. The van der Waals surface area contributed by atoms with E-state index in [0.717, 1.165) is 42.6 Å². The lowest BCUT2D eigenvalue weighted by Gasteiger charge is -2.28. The summed E-state index contributed by atoms with van der Waals surface area (Å²) in [5, 5.41) is 10.8. The summed E-state index contributed by atoms with van der Waals surface area (Å²) in [4.78, 5) is 13.1. The zero-order valence-electron chi connectivity index (χ0n) is 27.0. The van der Waals surface area contributed by atoms with Crippen molar-refractivity contribution >= 4 is 5.97 Å². The molecule has 0 aliphatic carbocycles. The van der Waals surface area contributed by atoms with Crippen molar-refractivity contribution in [3.63, 3.8) is 0 Å². The van der Waals surface area contributed by atoms with Crippen molar-refractivity contribution in [2.24, 2.45) is 5.92 Å². The highest BCUT2D eigenvalue weighted by Gasteiger charge is 2.25. The monoisotopic (exact) mass is 618 g/mol. The summed E-state index contributed by atoms with van der Waals surface area (Å²) >= 11 is 0. The molecule has 0 amide bonds. The van der Waals surface area contributed by atoms with E-state index in [4.69, 9.17) is 23.7 Å². The van der Waals surface area contributed by atoms with Gasteiger partial charge in [-0.2, -0.15) is 0 Å². The predicted molar refractivity (Wildman–Crippen MR) is 177 cm³/mol. The highest BCUT2D eigenvalue weighted by Crippen LogP contribution is 2.26. The normalized spacial score (nSPS) is 30.9. The van der Waals surface area contributed by atoms with Crippen LogP contribution >= 0.6 is 0 Å². The van der Waals surface area contributed by atoms with E-state index in [0.29, 0.717) is 38.4 Å². The van der Waals surface area contributed by atoms with Crippen LogP contribution in [0.25, 0.3) is 0 Å². The quantitative estimate of drug-likeness (QED) is 0.257. The number of esters is 1. The van der Waals surface area contributed by atoms with Crippen LogP contribution in [-0.4, -0.2) is 61.4 Å². The molecule has 1 aromatic carbocycles. The fourth-order valence-electron chi connectivity index (χ4n) is 5.93. The van der Waals surface area contributed by atoms with Crippen molar-refractivity contribution in [1.82, 2.24) is 0 Å². The van der Waals surface area contributed by atoms with E-state index in [9.17, 15) is 9.90 Å². The second-order valence-electron chi connectivity index (χ2n) is 12.4. The van der Waals surface area contributed by atoms with E-state index in [1.54, 1.807) is 13.2 Å². The number of carbonyl (C=O) groups excluding carboxylic acids is 1. The van der Waals surface area contributed by atoms with Crippen LogP contribution in [0.4, 0.5) is 0 Å². The van der Waals surface area contributed by atoms with Gasteiger partial charge in [0.15, 0.2) is 0 Å². The predicted octanol–water partition coefficient (Wildman–Crippen LogP) is 7.13. The molecule has 0 fully saturated rings. The Kier molecular flexibility index (Phi) is 13.9. The number of aliphatic hydroxyl groups is 1. The molecule has 45 heavy (non-hydrogen) atoms. The first kappa shape index (κ1) is 34.6. The minimum atomic E-state index is -0.683. The maximum absolute atomic E-state index is 13.1. The average Bonchev–Trinajstić information content (AvgIpc) is 3.00. The van der Waals surface area contributed by atoms with Gasteiger partial charge in [-0.1, -0.05) is 85.4 Å². The number of hydrogen-bond acceptors (Lipinski definition) is 7. The van der Waals surface area contributed by atoms with Crippen molar-refractivity contribution in [3.8, 4) is 5.75 Å². The molecule has 3 aliphatic rings. The first-order chi connectivity index (χ1) is 21.8. The van der Waals surface area contributed by atoms with Gasteiger partial charge in [0.05, 0.1) is 44.7 Å².